The monoisotopic (exact) mass is 279 g/mol. The molecule has 0 fully saturated rings. The van der Waals surface area contributed by atoms with Gasteiger partial charge in [-0.25, -0.2) is 0 Å². The molecule has 94 valence electrons. The molecular weight excluding hydrogens is 266 g/mol. The minimum Gasteiger partial charge on any atom is -0.391 e. The Morgan fingerprint density at radius 3 is 2.89 bits per heavy atom. The molecule has 0 unspecified atom stereocenters. The van der Waals surface area contributed by atoms with Crippen LogP contribution in [0.4, 0.5) is 0 Å². The maximum atomic E-state index is 10.1. The van der Waals surface area contributed by atoms with Crippen LogP contribution in [-0.4, -0.2) is 11.2 Å². The van der Waals surface area contributed by atoms with Crippen LogP contribution in [0.1, 0.15) is 22.0 Å². The molecule has 1 aliphatic rings. The Labute approximate surface area is 115 Å². The predicted molar refractivity (Wildman–Crippen MR) is 75.1 cm³/mol. The maximum absolute atomic E-state index is 10.1. The minimum atomic E-state index is -0.335. The van der Waals surface area contributed by atoms with E-state index in [-0.39, 0.29) is 12.1 Å². The summed E-state index contributed by atoms with van der Waals surface area (Å²) in [6, 6.07) is 12.2. The average molecular weight is 280 g/mol. The molecule has 1 aliphatic carbocycles. The van der Waals surface area contributed by atoms with Crippen molar-refractivity contribution in [3.8, 4) is 0 Å². The second kappa shape index (κ2) is 5.02. The van der Waals surface area contributed by atoms with Crippen molar-refractivity contribution in [2.75, 3.05) is 0 Å². The fourth-order valence-electron chi connectivity index (χ4n) is 2.48. The maximum Gasteiger partial charge on any atom is 0.0931 e. The van der Waals surface area contributed by atoms with Gasteiger partial charge in [-0.15, -0.1) is 11.3 Å². The van der Waals surface area contributed by atoms with Gasteiger partial charge in [-0.3, -0.25) is 0 Å². The lowest BCUT2D eigenvalue weighted by molar-refractivity contribution is 0.141. The lowest BCUT2D eigenvalue weighted by Gasteiger charge is -2.17. The summed E-state index contributed by atoms with van der Waals surface area (Å²) in [7, 11) is 0. The van der Waals surface area contributed by atoms with Crippen molar-refractivity contribution in [1.29, 1.82) is 0 Å². The Hall–Kier alpha value is -0.870. The molecule has 0 saturated carbocycles. The van der Waals surface area contributed by atoms with Crippen molar-refractivity contribution in [2.24, 2.45) is 0 Å². The number of hydrogen-bond acceptors (Lipinski definition) is 3. The van der Waals surface area contributed by atoms with Crippen LogP contribution in [0.5, 0.6) is 0 Å². The molecule has 0 amide bonds. The second-order valence-electron chi connectivity index (χ2n) is 4.53. The van der Waals surface area contributed by atoms with Crippen molar-refractivity contribution < 1.29 is 5.11 Å². The fraction of sp³-hybridized carbons (Fsp3) is 0.286. The fourth-order valence-corrected chi connectivity index (χ4v) is 3.52. The summed E-state index contributed by atoms with van der Waals surface area (Å²) in [6.45, 7) is 0.743. The first-order valence-electron chi connectivity index (χ1n) is 5.97. The van der Waals surface area contributed by atoms with Gasteiger partial charge in [0.05, 0.1) is 16.5 Å². The number of aliphatic hydroxyl groups is 1. The van der Waals surface area contributed by atoms with Crippen LogP contribution < -0.4 is 5.32 Å². The number of aliphatic hydroxyl groups excluding tert-OH is 1. The Kier molecular flexibility index (Phi) is 3.39. The number of rotatable bonds is 3. The van der Waals surface area contributed by atoms with E-state index < -0.39 is 0 Å². The molecule has 2 nitrogen and oxygen atoms in total. The summed E-state index contributed by atoms with van der Waals surface area (Å²) in [4.78, 5) is 1.19. The van der Waals surface area contributed by atoms with Gasteiger partial charge in [-0.05, 0) is 23.3 Å². The van der Waals surface area contributed by atoms with Gasteiger partial charge in [0, 0.05) is 17.8 Å². The van der Waals surface area contributed by atoms with Crippen molar-refractivity contribution >= 4 is 22.9 Å². The third-order valence-electron chi connectivity index (χ3n) is 3.33. The molecule has 1 aromatic carbocycles. The molecule has 2 N–H and O–H groups in total. The van der Waals surface area contributed by atoms with E-state index in [4.69, 9.17) is 11.6 Å². The quantitative estimate of drug-likeness (QED) is 0.905. The van der Waals surface area contributed by atoms with Crippen LogP contribution in [0, 0.1) is 0 Å². The third-order valence-corrected chi connectivity index (χ3v) is 4.56. The second-order valence-corrected chi connectivity index (χ2v) is 6.33. The molecule has 1 heterocycles. The molecule has 0 spiro atoms. The van der Waals surface area contributed by atoms with Crippen LogP contribution in [0.2, 0.25) is 4.34 Å². The number of hydrogen-bond donors (Lipinski definition) is 2. The van der Waals surface area contributed by atoms with Crippen LogP contribution in [0.3, 0.4) is 0 Å². The standard InChI is InChI=1S/C14H14ClNOS/c15-13-6-5-10(18-13)8-16-14-11-4-2-1-3-9(11)7-12(14)17/h1-6,12,14,16-17H,7-8H2/t12-,14+/m0/s1. The number of fused-ring (bicyclic) bond motifs is 1. The van der Waals surface area contributed by atoms with Gasteiger partial charge in [0.1, 0.15) is 0 Å². The summed E-state index contributed by atoms with van der Waals surface area (Å²) >= 11 is 7.48. The first-order valence-corrected chi connectivity index (χ1v) is 7.17. The van der Waals surface area contributed by atoms with Crippen LogP contribution >= 0.6 is 22.9 Å². The first kappa shape index (κ1) is 12.2. The zero-order valence-corrected chi connectivity index (χ0v) is 11.3. The molecule has 3 rings (SSSR count). The van der Waals surface area contributed by atoms with Gasteiger partial charge in [-0.2, -0.15) is 0 Å². The number of halogens is 1. The summed E-state index contributed by atoms with van der Waals surface area (Å²) < 4.78 is 0.805. The summed E-state index contributed by atoms with van der Waals surface area (Å²) in [6.07, 6.45) is 0.400. The topological polar surface area (TPSA) is 32.3 Å². The van der Waals surface area contributed by atoms with Crippen LogP contribution in [-0.2, 0) is 13.0 Å². The Morgan fingerprint density at radius 2 is 2.11 bits per heavy atom. The van der Waals surface area contributed by atoms with Gasteiger partial charge < -0.3 is 10.4 Å². The summed E-state index contributed by atoms with van der Waals surface area (Å²) in [5.41, 5.74) is 2.46. The molecule has 4 heteroatoms. The third kappa shape index (κ3) is 2.31. The van der Waals surface area contributed by atoms with Crippen molar-refractivity contribution in [2.45, 2.75) is 25.1 Å². The molecule has 1 aromatic heterocycles. The smallest absolute Gasteiger partial charge is 0.0931 e. The summed E-state index contributed by atoms with van der Waals surface area (Å²) in [5.74, 6) is 0. The average Bonchev–Trinajstić information content (AvgIpc) is 2.90. The molecule has 0 radical (unpaired) electrons. The molecule has 2 atom stereocenters. The van der Waals surface area contributed by atoms with Gasteiger partial charge in [0.25, 0.3) is 0 Å². The van der Waals surface area contributed by atoms with Gasteiger partial charge in [0.15, 0.2) is 0 Å². The van der Waals surface area contributed by atoms with Gasteiger partial charge in [0.2, 0.25) is 0 Å². The van der Waals surface area contributed by atoms with E-state index in [0.29, 0.717) is 0 Å². The van der Waals surface area contributed by atoms with E-state index >= 15 is 0 Å². The highest BCUT2D eigenvalue weighted by Gasteiger charge is 2.30. The molecule has 2 aromatic rings. The summed E-state index contributed by atoms with van der Waals surface area (Å²) in [5, 5.41) is 13.5. The van der Waals surface area contributed by atoms with E-state index in [1.54, 1.807) is 11.3 Å². The zero-order valence-electron chi connectivity index (χ0n) is 9.77. The Morgan fingerprint density at radius 1 is 1.28 bits per heavy atom. The van der Waals surface area contributed by atoms with Crippen LogP contribution in [0.25, 0.3) is 0 Å². The molecule has 18 heavy (non-hydrogen) atoms. The normalized spacial score (nSPS) is 22.1. The van der Waals surface area contributed by atoms with Gasteiger partial charge in [-0.1, -0.05) is 35.9 Å². The lowest BCUT2D eigenvalue weighted by Crippen LogP contribution is -2.28. The molecule has 0 bridgehead atoms. The Bertz CT molecular complexity index is 554. The Balaban J connectivity index is 1.73. The highest BCUT2D eigenvalue weighted by Crippen LogP contribution is 2.32. The first-order chi connectivity index (χ1) is 8.74. The zero-order chi connectivity index (χ0) is 12.5. The molecule has 0 saturated heterocycles. The predicted octanol–water partition coefficient (Wildman–Crippen LogP) is 3.15. The largest absolute Gasteiger partial charge is 0.391 e. The molecular formula is C14H14ClNOS. The highest BCUT2D eigenvalue weighted by molar-refractivity contribution is 7.16. The van der Waals surface area contributed by atoms with E-state index in [0.717, 1.165) is 17.3 Å². The van der Waals surface area contributed by atoms with E-state index in [1.165, 1.54) is 16.0 Å². The molecule has 0 aliphatic heterocycles. The van der Waals surface area contributed by atoms with Crippen molar-refractivity contribution in [3.63, 3.8) is 0 Å². The van der Waals surface area contributed by atoms with Crippen molar-refractivity contribution in [1.82, 2.24) is 5.32 Å². The number of thiophene rings is 1. The lowest BCUT2D eigenvalue weighted by atomic mass is 10.1. The van der Waals surface area contributed by atoms with E-state index in [1.807, 2.05) is 24.3 Å². The van der Waals surface area contributed by atoms with E-state index in [9.17, 15) is 5.11 Å². The van der Waals surface area contributed by atoms with Crippen molar-refractivity contribution in [3.05, 3.63) is 56.7 Å². The van der Waals surface area contributed by atoms with Gasteiger partial charge >= 0.3 is 0 Å². The number of benzene rings is 1. The minimum absolute atomic E-state index is 0.0297. The van der Waals surface area contributed by atoms with E-state index in [2.05, 4.69) is 17.4 Å². The SMILES string of the molecule is O[C@H]1Cc2ccccc2[C@H]1NCc1ccc(Cl)s1. The highest BCUT2D eigenvalue weighted by atomic mass is 35.5. The van der Waals surface area contributed by atoms with Crippen LogP contribution in [0.15, 0.2) is 36.4 Å². The number of nitrogens with one attached hydrogen (secondary N) is 1.